The number of fused-ring (bicyclic) bond motifs is 3. The van der Waals surface area contributed by atoms with E-state index in [0.29, 0.717) is 9.99 Å². The van der Waals surface area contributed by atoms with Crippen molar-refractivity contribution in [2.75, 3.05) is 0 Å². The molecule has 0 saturated heterocycles. The van der Waals surface area contributed by atoms with Crippen LogP contribution in [0.1, 0.15) is 0 Å². The largest absolute Gasteiger partial charge is 0.299 e. The summed E-state index contributed by atoms with van der Waals surface area (Å²) in [6.45, 7) is 0. The van der Waals surface area contributed by atoms with Crippen molar-refractivity contribution in [1.29, 1.82) is 0 Å². The standard InChI is InChI=1S/C9H5BrFN3/c10-6-3-5(11)4-7-9(6)14-8(13-7)1-2-12-14/h1-4,12H. The Morgan fingerprint density at radius 1 is 1.43 bits per heavy atom. The summed E-state index contributed by atoms with van der Waals surface area (Å²) >= 11 is 3.31. The first-order chi connectivity index (χ1) is 6.75. The molecular weight excluding hydrogens is 249 g/mol. The van der Waals surface area contributed by atoms with Crippen molar-refractivity contribution in [3.8, 4) is 0 Å². The first kappa shape index (κ1) is 7.99. The van der Waals surface area contributed by atoms with E-state index in [2.05, 4.69) is 26.0 Å². The molecule has 0 bridgehead atoms. The zero-order chi connectivity index (χ0) is 9.71. The molecule has 0 aliphatic heterocycles. The second-order valence-corrected chi connectivity index (χ2v) is 3.88. The molecule has 0 atom stereocenters. The predicted molar refractivity (Wildman–Crippen MR) is 54.7 cm³/mol. The fraction of sp³-hybridized carbons (Fsp3) is 0. The maximum atomic E-state index is 13.0. The minimum atomic E-state index is -0.287. The third-order valence-electron chi connectivity index (χ3n) is 2.13. The SMILES string of the molecule is Fc1cc(Br)c2c(c1)nc1cc[nH]n12. The van der Waals surface area contributed by atoms with Crippen molar-refractivity contribution in [3.05, 3.63) is 34.7 Å². The first-order valence-electron chi connectivity index (χ1n) is 4.06. The number of nitrogens with zero attached hydrogens (tertiary/aromatic N) is 2. The molecule has 0 unspecified atom stereocenters. The molecular formula is C9H5BrFN3. The summed E-state index contributed by atoms with van der Waals surface area (Å²) in [6.07, 6.45) is 1.79. The number of rotatable bonds is 0. The summed E-state index contributed by atoms with van der Waals surface area (Å²) < 4.78 is 15.5. The van der Waals surface area contributed by atoms with Crippen LogP contribution in [-0.4, -0.2) is 14.6 Å². The summed E-state index contributed by atoms with van der Waals surface area (Å²) in [5.41, 5.74) is 2.28. The van der Waals surface area contributed by atoms with E-state index in [1.54, 1.807) is 10.7 Å². The van der Waals surface area contributed by atoms with E-state index >= 15 is 0 Å². The number of nitrogens with one attached hydrogen (secondary N) is 1. The number of halogens is 2. The first-order valence-corrected chi connectivity index (χ1v) is 4.85. The van der Waals surface area contributed by atoms with Gasteiger partial charge in [-0.1, -0.05) is 0 Å². The average Bonchev–Trinajstić information content (AvgIpc) is 2.60. The maximum absolute atomic E-state index is 13.0. The molecule has 0 radical (unpaired) electrons. The zero-order valence-corrected chi connectivity index (χ0v) is 8.55. The fourth-order valence-electron chi connectivity index (χ4n) is 1.58. The Morgan fingerprint density at radius 3 is 3.14 bits per heavy atom. The van der Waals surface area contributed by atoms with Gasteiger partial charge in [-0.3, -0.25) is 5.10 Å². The molecule has 2 heterocycles. The van der Waals surface area contributed by atoms with Crippen molar-refractivity contribution in [3.63, 3.8) is 0 Å². The summed E-state index contributed by atoms with van der Waals surface area (Å²) in [6, 6.07) is 4.68. The van der Waals surface area contributed by atoms with Gasteiger partial charge in [-0.15, -0.1) is 0 Å². The van der Waals surface area contributed by atoms with Crippen LogP contribution in [0.4, 0.5) is 4.39 Å². The number of imidazole rings is 1. The maximum Gasteiger partial charge on any atom is 0.154 e. The van der Waals surface area contributed by atoms with E-state index in [1.807, 2.05) is 6.07 Å². The smallest absolute Gasteiger partial charge is 0.154 e. The van der Waals surface area contributed by atoms with E-state index in [4.69, 9.17) is 0 Å². The van der Waals surface area contributed by atoms with Crippen LogP contribution < -0.4 is 0 Å². The van der Waals surface area contributed by atoms with Crippen LogP contribution in [0.3, 0.4) is 0 Å². The summed E-state index contributed by atoms with van der Waals surface area (Å²) in [4.78, 5) is 4.26. The predicted octanol–water partition coefficient (Wildman–Crippen LogP) is 2.72. The highest BCUT2D eigenvalue weighted by atomic mass is 79.9. The van der Waals surface area contributed by atoms with E-state index in [9.17, 15) is 4.39 Å². The van der Waals surface area contributed by atoms with Gasteiger partial charge in [-0.25, -0.2) is 13.9 Å². The van der Waals surface area contributed by atoms with E-state index < -0.39 is 0 Å². The molecule has 0 fully saturated rings. The number of aromatic nitrogens is 3. The van der Waals surface area contributed by atoms with Gasteiger partial charge in [-0.2, -0.15) is 0 Å². The van der Waals surface area contributed by atoms with Crippen molar-refractivity contribution >= 4 is 32.6 Å². The second kappa shape index (κ2) is 2.57. The molecule has 1 aromatic carbocycles. The molecule has 0 amide bonds. The Kier molecular flexibility index (Phi) is 1.47. The molecule has 3 nitrogen and oxygen atoms in total. The van der Waals surface area contributed by atoms with Gasteiger partial charge in [0.25, 0.3) is 0 Å². The van der Waals surface area contributed by atoms with E-state index in [-0.39, 0.29) is 5.82 Å². The summed E-state index contributed by atoms with van der Waals surface area (Å²) in [7, 11) is 0. The van der Waals surface area contributed by atoms with Crippen LogP contribution in [0.25, 0.3) is 16.7 Å². The summed E-state index contributed by atoms with van der Waals surface area (Å²) in [5, 5.41) is 3.00. The van der Waals surface area contributed by atoms with Gasteiger partial charge in [0.2, 0.25) is 0 Å². The topological polar surface area (TPSA) is 33.1 Å². The third-order valence-corrected chi connectivity index (χ3v) is 2.74. The van der Waals surface area contributed by atoms with Gasteiger partial charge in [0.05, 0.1) is 5.52 Å². The molecule has 3 rings (SSSR count). The van der Waals surface area contributed by atoms with Crippen molar-refractivity contribution in [2.24, 2.45) is 0 Å². The lowest BCUT2D eigenvalue weighted by atomic mass is 10.3. The van der Waals surface area contributed by atoms with Crippen LogP contribution in [0.2, 0.25) is 0 Å². The number of H-pyrrole nitrogens is 1. The highest BCUT2D eigenvalue weighted by Gasteiger charge is 2.09. The molecule has 2 aromatic heterocycles. The van der Waals surface area contributed by atoms with Gasteiger partial charge in [0.15, 0.2) is 5.65 Å². The number of aromatic amines is 1. The molecule has 0 spiro atoms. The van der Waals surface area contributed by atoms with Crippen molar-refractivity contribution < 1.29 is 4.39 Å². The van der Waals surface area contributed by atoms with Crippen LogP contribution in [-0.2, 0) is 0 Å². The molecule has 14 heavy (non-hydrogen) atoms. The normalized spacial score (nSPS) is 11.6. The Morgan fingerprint density at radius 2 is 2.29 bits per heavy atom. The lowest BCUT2D eigenvalue weighted by molar-refractivity contribution is 0.628. The van der Waals surface area contributed by atoms with Crippen LogP contribution in [0.15, 0.2) is 28.9 Å². The number of hydrogen-bond donors (Lipinski definition) is 1. The number of hydrogen-bond acceptors (Lipinski definition) is 1. The van der Waals surface area contributed by atoms with Crippen molar-refractivity contribution in [2.45, 2.75) is 0 Å². The van der Waals surface area contributed by atoms with Crippen LogP contribution in [0.5, 0.6) is 0 Å². The average molecular weight is 254 g/mol. The Balaban J connectivity index is 2.62. The van der Waals surface area contributed by atoms with Crippen LogP contribution in [0, 0.1) is 5.82 Å². The molecule has 0 aliphatic carbocycles. The van der Waals surface area contributed by atoms with E-state index in [1.165, 1.54) is 12.1 Å². The second-order valence-electron chi connectivity index (χ2n) is 3.02. The Hall–Kier alpha value is -1.36. The van der Waals surface area contributed by atoms with Crippen molar-refractivity contribution in [1.82, 2.24) is 14.6 Å². The summed E-state index contributed by atoms with van der Waals surface area (Å²) in [5.74, 6) is -0.287. The minimum absolute atomic E-state index is 0.287. The molecule has 0 saturated carbocycles. The van der Waals surface area contributed by atoms with Gasteiger partial charge < -0.3 is 0 Å². The van der Waals surface area contributed by atoms with Gasteiger partial charge in [0.1, 0.15) is 11.3 Å². The van der Waals surface area contributed by atoms with Gasteiger partial charge >= 0.3 is 0 Å². The van der Waals surface area contributed by atoms with Crippen LogP contribution >= 0.6 is 15.9 Å². The minimum Gasteiger partial charge on any atom is -0.299 e. The molecule has 70 valence electrons. The molecule has 3 aromatic rings. The fourth-order valence-corrected chi connectivity index (χ4v) is 2.17. The zero-order valence-electron chi connectivity index (χ0n) is 6.96. The molecule has 5 heteroatoms. The molecule has 0 aliphatic rings. The quantitative estimate of drug-likeness (QED) is 0.657. The van der Waals surface area contributed by atoms with Gasteiger partial charge in [0, 0.05) is 22.8 Å². The highest BCUT2D eigenvalue weighted by Crippen LogP contribution is 2.25. The Bertz CT molecular complexity index is 625. The Labute approximate surface area is 86.7 Å². The highest BCUT2D eigenvalue weighted by molar-refractivity contribution is 9.10. The lowest BCUT2D eigenvalue weighted by Gasteiger charge is -1.95. The van der Waals surface area contributed by atoms with E-state index in [0.717, 1.165) is 11.2 Å². The third kappa shape index (κ3) is 0.928. The monoisotopic (exact) mass is 253 g/mol. The number of benzene rings is 1. The molecule has 1 N–H and O–H groups in total. The van der Waals surface area contributed by atoms with Gasteiger partial charge in [-0.05, 0) is 22.0 Å². The lowest BCUT2D eigenvalue weighted by Crippen LogP contribution is -1.84.